The Kier molecular flexibility index (Phi) is 8.88. The fraction of sp³-hybridized carbons (Fsp3) is 0.481. The molecule has 2 aromatic carbocycles. The molecule has 32 heavy (non-hydrogen) atoms. The van der Waals surface area contributed by atoms with Gasteiger partial charge >= 0.3 is 6.09 Å². The summed E-state index contributed by atoms with van der Waals surface area (Å²) in [6, 6.07) is 15.4. The van der Waals surface area contributed by atoms with Crippen LogP contribution < -0.4 is 10.6 Å². The Labute approximate surface area is 192 Å². The lowest BCUT2D eigenvalue weighted by Gasteiger charge is -2.25. The maximum absolute atomic E-state index is 13.4. The predicted molar refractivity (Wildman–Crippen MR) is 131 cm³/mol. The number of carbonyl (C=O) groups is 2. The van der Waals surface area contributed by atoms with Crippen LogP contribution in [0.4, 0.5) is 10.5 Å². The van der Waals surface area contributed by atoms with Crippen LogP contribution in [0, 0.1) is 0 Å². The van der Waals surface area contributed by atoms with Crippen molar-refractivity contribution < 1.29 is 14.3 Å². The molecule has 2 rings (SSSR count). The molecule has 2 aromatic rings. The first kappa shape index (κ1) is 25.4. The molecule has 5 nitrogen and oxygen atoms in total. The zero-order valence-corrected chi connectivity index (χ0v) is 20.5. The van der Waals surface area contributed by atoms with E-state index >= 15 is 0 Å². The van der Waals surface area contributed by atoms with E-state index in [1.165, 1.54) is 0 Å². The molecular formula is C27H38N2O3. The van der Waals surface area contributed by atoms with Crippen molar-refractivity contribution in [2.45, 2.75) is 84.8 Å². The van der Waals surface area contributed by atoms with Crippen LogP contribution in [0.5, 0.6) is 0 Å². The highest BCUT2D eigenvalue weighted by atomic mass is 16.6. The van der Waals surface area contributed by atoms with Gasteiger partial charge in [-0.3, -0.25) is 4.79 Å². The first-order valence-corrected chi connectivity index (χ1v) is 11.4. The van der Waals surface area contributed by atoms with Gasteiger partial charge in [-0.1, -0.05) is 76.2 Å². The highest BCUT2D eigenvalue weighted by molar-refractivity contribution is 5.98. The molecule has 0 saturated carbocycles. The van der Waals surface area contributed by atoms with Crippen molar-refractivity contribution in [3.8, 4) is 0 Å². The minimum atomic E-state index is -0.717. The summed E-state index contributed by atoms with van der Waals surface area (Å²) < 4.78 is 5.41. The Balaban J connectivity index is 2.28. The topological polar surface area (TPSA) is 67.4 Å². The molecule has 2 amide bonds. The van der Waals surface area contributed by atoms with Gasteiger partial charge in [0.2, 0.25) is 5.91 Å². The lowest BCUT2D eigenvalue weighted by molar-refractivity contribution is -0.118. The number of hydrogen-bond acceptors (Lipinski definition) is 3. The third kappa shape index (κ3) is 7.70. The monoisotopic (exact) mass is 438 g/mol. The van der Waals surface area contributed by atoms with Gasteiger partial charge in [0.1, 0.15) is 11.6 Å². The maximum Gasteiger partial charge on any atom is 0.408 e. The fourth-order valence-corrected chi connectivity index (χ4v) is 3.58. The quantitative estimate of drug-likeness (QED) is 0.501. The second-order valence-corrected chi connectivity index (χ2v) is 9.83. The van der Waals surface area contributed by atoms with Crippen LogP contribution in [0.15, 0.2) is 48.5 Å². The summed E-state index contributed by atoms with van der Waals surface area (Å²) in [4.78, 5) is 25.9. The molecular weight excluding hydrogens is 400 g/mol. The van der Waals surface area contributed by atoms with Gasteiger partial charge in [0, 0.05) is 5.69 Å². The summed E-state index contributed by atoms with van der Waals surface area (Å²) in [5, 5.41) is 5.93. The number of nitrogens with one attached hydrogen (secondary N) is 2. The normalized spacial score (nSPS) is 12.5. The summed E-state index contributed by atoms with van der Waals surface area (Å²) >= 11 is 0. The lowest BCUT2D eigenvalue weighted by Crippen LogP contribution is -2.46. The number of para-hydroxylation sites is 1. The molecule has 0 bridgehead atoms. The zero-order valence-electron chi connectivity index (χ0n) is 20.5. The van der Waals surface area contributed by atoms with Gasteiger partial charge in [-0.05, 0) is 62.1 Å². The van der Waals surface area contributed by atoms with Crippen molar-refractivity contribution >= 4 is 17.7 Å². The standard InChI is InChI=1S/C27H38N2O3/c1-18(2)21-14-11-15-22(19(3)4)24(21)29-25(30)23(28-26(31)32-27(5,6)7)17-16-20-12-9-8-10-13-20/h8-15,18-19,23H,16-17H2,1-7H3,(H,28,31)(H,29,30). The Hall–Kier alpha value is -2.82. The average Bonchev–Trinajstić information content (AvgIpc) is 2.70. The summed E-state index contributed by atoms with van der Waals surface area (Å²) in [6.45, 7) is 13.9. The molecule has 2 N–H and O–H groups in total. The molecule has 0 aliphatic heterocycles. The highest BCUT2D eigenvalue weighted by Crippen LogP contribution is 2.32. The number of alkyl carbamates (subject to hydrolysis) is 1. The van der Waals surface area contributed by atoms with E-state index in [0.717, 1.165) is 22.4 Å². The number of carbonyl (C=O) groups excluding carboxylic acids is 2. The summed E-state index contributed by atoms with van der Waals surface area (Å²) in [7, 11) is 0. The Morgan fingerprint density at radius 3 is 1.94 bits per heavy atom. The van der Waals surface area contributed by atoms with E-state index in [4.69, 9.17) is 4.74 Å². The van der Waals surface area contributed by atoms with Crippen LogP contribution in [0.25, 0.3) is 0 Å². The number of rotatable bonds is 8. The third-order valence-corrected chi connectivity index (χ3v) is 5.19. The molecule has 0 radical (unpaired) electrons. The van der Waals surface area contributed by atoms with E-state index in [1.54, 1.807) is 20.8 Å². The van der Waals surface area contributed by atoms with Gasteiger partial charge in [0.05, 0.1) is 0 Å². The second-order valence-electron chi connectivity index (χ2n) is 9.83. The predicted octanol–water partition coefficient (Wildman–Crippen LogP) is 6.40. The van der Waals surface area contributed by atoms with Crippen LogP contribution in [0.3, 0.4) is 0 Å². The van der Waals surface area contributed by atoms with Gasteiger partial charge < -0.3 is 15.4 Å². The number of aryl methyl sites for hydroxylation is 1. The van der Waals surface area contributed by atoms with Crippen molar-refractivity contribution in [2.75, 3.05) is 5.32 Å². The van der Waals surface area contributed by atoms with Crippen LogP contribution >= 0.6 is 0 Å². The molecule has 0 aliphatic carbocycles. The maximum atomic E-state index is 13.4. The SMILES string of the molecule is CC(C)c1cccc(C(C)C)c1NC(=O)C(CCc1ccccc1)NC(=O)OC(C)(C)C. The Morgan fingerprint density at radius 1 is 0.875 bits per heavy atom. The minimum absolute atomic E-state index is 0.234. The van der Waals surface area contributed by atoms with Crippen molar-refractivity contribution in [1.82, 2.24) is 5.32 Å². The number of anilines is 1. The number of ether oxygens (including phenoxy) is 1. The van der Waals surface area contributed by atoms with E-state index in [2.05, 4.69) is 38.3 Å². The van der Waals surface area contributed by atoms with Crippen LogP contribution in [0.1, 0.15) is 83.4 Å². The van der Waals surface area contributed by atoms with Gasteiger partial charge in [0.15, 0.2) is 0 Å². The third-order valence-electron chi connectivity index (χ3n) is 5.19. The van der Waals surface area contributed by atoms with Crippen molar-refractivity contribution in [1.29, 1.82) is 0 Å². The van der Waals surface area contributed by atoms with E-state index in [0.29, 0.717) is 12.8 Å². The largest absolute Gasteiger partial charge is 0.444 e. The number of hydrogen-bond donors (Lipinski definition) is 2. The van der Waals surface area contributed by atoms with Gasteiger partial charge in [-0.15, -0.1) is 0 Å². The molecule has 0 heterocycles. The van der Waals surface area contributed by atoms with E-state index in [9.17, 15) is 9.59 Å². The molecule has 1 atom stereocenters. The second kappa shape index (κ2) is 11.2. The van der Waals surface area contributed by atoms with E-state index in [1.807, 2.05) is 48.5 Å². The molecule has 174 valence electrons. The average molecular weight is 439 g/mol. The van der Waals surface area contributed by atoms with Gasteiger partial charge in [0.25, 0.3) is 0 Å². The van der Waals surface area contributed by atoms with Crippen molar-refractivity contribution in [2.24, 2.45) is 0 Å². The van der Waals surface area contributed by atoms with Gasteiger partial charge in [-0.25, -0.2) is 4.79 Å². The summed E-state index contributed by atoms with van der Waals surface area (Å²) in [5.41, 5.74) is 3.49. The number of amides is 2. The highest BCUT2D eigenvalue weighted by Gasteiger charge is 2.26. The van der Waals surface area contributed by atoms with Crippen molar-refractivity contribution in [3.63, 3.8) is 0 Å². The van der Waals surface area contributed by atoms with Crippen LogP contribution in [0.2, 0.25) is 0 Å². The first-order chi connectivity index (χ1) is 15.0. The van der Waals surface area contributed by atoms with Gasteiger partial charge in [-0.2, -0.15) is 0 Å². The zero-order chi connectivity index (χ0) is 23.9. The molecule has 0 fully saturated rings. The molecule has 0 saturated heterocycles. The first-order valence-electron chi connectivity index (χ1n) is 11.4. The van der Waals surface area contributed by atoms with Crippen LogP contribution in [-0.4, -0.2) is 23.6 Å². The van der Waals surface area contributed by atoms with Crippen LogP contribution in [-0.2, 0) is 16.0 Å². The molecule has 5 heteroatoms. The van der Waals surface area contributed by atoms with E-state index < -0.39 is 17.7 Å². The smallest absolute Gasteiger partial charge is 0.408 e. The van der Waals surface area contributed by atoms with Crippen molar-refractivity contribution in [3.05, 3.63) is 65.2 Å². The Morgan fingerprint density at radius 2 is 1.44 bits per heavy atom. The minimum Gasteiger partial charge on any atom is -0.444 e. The fourth-order valence-electron chi connectivity index (χ4n) is 3.58. The molecule has 0 aromatic heterocycles. The molecule has 0 aliphatic rings. The molecule has 1 unspecified atom stereocenters. The Bertz CT molecular complexity index is 873. The molecule has 0 spiro atoms. The lowest BCUT2D eigenvalue weighted by atomic mass is 9.92. The van der Waals surface area contributed by atoms with E-state index in [-0.39, 0.29) is 17.7 Å². The summed E-state index contributed by atoms with van der Waals surface area (Å²) in [6.07, 6.45) is 0.542. The number of benzene rings is 2. The summed E-state index contributed by atoms with van der Waals surface area (Å²) in [5.74, 6) is 0.276.